The molecule has 1 aliphatic rings. The van der Waals surface area contributed by atoms with E-state index in [0.29, 0.717) is 35.0 Å². The summed E-state index contributed by atoms with van der Waals surface area (Å²) >= 11 is 1.20. The van der Waals surface area contributed by atoms with Crippen LogP contribution in [0.2, 0.25) is 0 Å². The second-order valence-corrected chi connectivity index (χ2v) is 11.0. The van der Waals surface area contributed by atoms with Crippen molar-refractivity contribution in [2.45, 2.75) is 42.8 Å². The molecule has 1 atom stereocenters. The Morgan fingerprint density at radius 3 is 2.27 bits per heavy atom. The third kappa shape index (κ3) is 6.59. The molecule has 0 saturated carbocycles. The SMILES string of the molecule is CC(=O)SCCC(CCN1CCCC1)S(=O)(=O)c1ccc(Oc2ccccc2)cc1. The van der Waals surface area contributed by atoms with Crippen LogP contribution in [0.1, 0.15) is 32.6 Å². The molecule has 1 heterocycles. The molecule has 7 heteroatoms. The molecule has 2 aromatic rings. The van der Waals surface area contributed by atoms with Gasteiger partial charge in [0.25, 0.3) is 0 Å². The Bertz CT molecular complexity index is 908. The number of hydrogen-bond donors (Lipinski definition) is 0. The van der Waals surface area contributed by atoms with Gasteiger partial charge in [0, 0.05) is 12.7 Å². The van der Waals surface area contributed by atoms with E-state index in [-0.39, 0.29) is 5.12 Å². The van der Waals surface area contributed by atoms with Gasteiger partial charge in [0.1, 0.15) is 11.5 Å². The molecular formula is C23H29NO4S2. The summed E-state index contributed by atoms with van der Waals surface area (Å²) in [6, 6.07) is 16.0. The van der Waals surface area contributed by atoms with Crippen molar-refractivity contribution in [3.63, 3.8) is 0 Å². The van der Waals surface area contributed by atoms with Gasteiger partial charge in [-0.15, -0.1) is 0 Å². The highest BCUT2D eigenvalue weighted by atomic mass is 32.2. The van der Waals surface area contributed by atoms with Gasteiger partial charge in [0.05, 0.1) is 10.1 Å². The number of likely N-dealkylation sites (tertiary alicyclic amines) is 1. The maximum Gasteiger partial charge on any atom is 0.185 e. The fourth-order valence-electron chi connectivity index (χ4n) is 3.64. The van der Waals surface area contributed by atoms with Crippen LogP contribution in [-0.4, -0.2) is 49.1 Å². The summed E-state index contributed by atoms with van der Waals surface area (Å²) in [5, 5.41) is -0.473. The van der Waals surface area contributed by atoms with Crippen molar-refractivity contribution < 1.29 is 17.9 Å². The maximum absolute atomic E-state index is 13.3. The van der Waals surface area contributed by atoms with Gasteiger partial charge in [-0.05, 0) is 81.7 Å². The van der Waals surface area contributed by atoms with Crippen molar-refractivity contribution in [2.24, 2.45) is 0 Å². The second kappa shape index (κ2) is 11.0. The number of rotatable bonds is 10. The van der Waals surface area contributed by atoms with E-state index < -0.39 is 15.1 Å². The van der Waals surface area contributed by atoms with Crippen LogP contribution in [0.4, 0.5) is 0 Å². The van der Waals surface area contributed by atoms with Crippen LogP contribution >= 0.6 is 11.8 Å². The molecule has 162 valence electrons. The standard InChI is InChI=1S/C23H29NO4S2/c1-19(25)29-18-14-23(13-17-24-15-5-6-16-24)30(26,27)22-11-9-21(10-12-22)28-20-7-3-2-4-8-20/h2-4,7-12,23H,5-6,13-18H2,1H3. The zero-order valence-electron chi connectivity index (χ0n) is 17.3. The smallest absolute Gasteiger partial charge is 0.185 e. The van der Waals surface area contributed by atoms with E-state index >= 15 is 0 Å². The van der Waals surface area contributed by atoms with Gasteiger partial charge in [-0.3, -0.25) is 4.79 Å². The molecule has 1 unspecified atom stereocenters. The largest absolute Gasteiger partial charge is 0.457 e. The zero-order valence-corrected chi connectivity index (χ0v) is 19.0. The number of para-hydroxylation sites is 1. The van der Waals surface area contributed by atoms with E-state index in [1.807, 2.05) is 30.3 Å². The molecule has 1 fully saturated rings. The van der Waals surface area contributed by atoms with E-state index in [4.69, 9.17) is 4.74 Å². The number of benzene rings is 2. The molecular weight excluding hydrogens is 418 g/mol. The number of sulfone groups is 1. The summed E-state index contributed by atoms with van der Waals surface area (Å²) < 4.78 is 32.4. The van der Waals surface area contributed by atoms with Crippen molar-refractivity contribution in [1.82, 2.24) is 4.90 Å². The average molecular weight is 448 g/mol. The first-order valence-corrected chi connectivity index (χ1v) is 12.9. The quantitative estimate of drug-likeness (QED) is 0.522. The third-order valence-corrected chi connectivity index (χ3v) is 8.41. The summed E-state index contributed by atoms with van der Waals surface area (Å²) in [6.45, 7) is 4.38. The van der Waals surface area contributed by atoms with Gasteiger partial charge in [0.15, 0.2) is 15.0 Å². The number of hydrogen-bond acceptors (Lipinski definition) is 6. The average Bonchev–Trinajstić information content (AvgIpc) is 3.25. The number of carbonyl (C=O) groups excluding carboxylic acids is 1. The highest BCUT2D eigenvalue weighted by molar-refractivity contribution is 8.13. The summed E-state index contributed by atoms with van der Waals surface area (Å²) in [6.07, 6.45) is 3.42. The van der Waals surface area contributed by atoms with Crippen LogP contribution < -0.4 is 4.74 Å². The molecule has 0 spiro atoms. The first-order chi connectivity index (χ1) is 14.4. The predicted molar refractivity (Wildman–Crippen MR) is 122 cm³/mol. The Hall–Kier alpha value is -1.83. The molecule has 0 amide bonds. The lowest BCUT2D eigenvalue weighted by atomic mass is 10.2. The van der Waals surface area contributed by atoms with Gasteiger partial charge >= 0.3 is 0 Å². The number of carbonyl (C=O) groups is 1. The van der Waals surface area contributed by atoms with E-state index in [9.17, 15) is 13.2 Å². The van der Waals surface area contributed by atoms with Gasteiger partial charge < -0.3 is 9.64 Å². The first-order valence-electron chi connectivity index (χ1n) is 10.4. The molecule has 2 aromatic carbocycles. The summed E-state index contributed by atoms with van der Waals surface area (Å²) in [5.74, 6) is 1.83. The monoisotopic (exact) mass is 447 g/mol. The second-order valence-electron chi connectivity index (χ2n) is 7.52. The van der Waals surface area contributed by atoms with Crippen LogP contribution in [0, 0.1) is 0 Å². The number of thioether (sulfide) groups is 1. The van der Waals surface area contributed by atoms with Crippen molar-refractivity contribution in [3.05, 3.63) is 54.6 Å². The van der Waals surface area contributed by atoms with Crippen molar-refractivity contribution >= 4 is 26.7 Å². The summed E-state index contributed by atoms with van der Waals surface area (Å²) in [5.41, 5.74) is 0. The molecule has 0 N–H and O–H groups in total. The Kier molecular flexibility index (Phi) is 8.36. The molecule has 0 aliphatic carbocycles. The summed E-state index contributed by atoms with van der Waals surface area (Å²) in [4.78, 5) is 13.9. The topological polar surface area (TPSA) is 63.7 Å². The van der Waals surface area contributed by atoms with Crippen LogP contribution in [0.3, 0.4) is 0 Å². The lowest BCUT2D eigenvalue weighted by Crippen LogP contribution is -2.29. The van der Waals surface area contributed by atoms with Gasteiger partial charge in [-0.25, -0.2) is 8.42 Å². The third-order valence-electron chi connectivity index (χ3n) is 5.28. The van der Waals surface area contributed by atoms with Gasteiger partial charge in [0.2, 0.25) is 0 Å². The van der Waals surface area contributed by atoms with Gasteiger partial charge in [-0.2, -0.15) is 0 Å². The lowest BCUT2D eigenvalue weighted by molar-refractivity contribution is -0.109. The van der Waals surface area contributed by atoms with Crippen LogP contribution in [0.25, 0.3) is 0 Å². The van der Waals surface area contributed by atoms with Crippen molar-refractivity contribution in [2.75, 3.05) is 25.4 Å². The molecule has 1 saturated heterocycles. The molecule has 3 rings (SSSR count). The van der Waals surface area contributed by atoms with E-state index in [1.54, 1.807) is 24.3 Å². The summed E-state index contributed by atoms with van der Waals surface area (Å²) in [7, 11) is -3.49. The highest BCUT2D eigenvalue weighted by Gasteiger charge is 2.28. The molecule has 0 aromatic heterocycles. The van der Waals surface area contributed by atoms with E-state index in [1.165, 1.54) is 31.5 Å². The zero-order chi connectivity index (χ0) is 21.4. The minimum Gasteiger partial charge on any atom is -0.457 e. The van der Waals surface area contributed by atoms with Crippen LogP contribution in [0.15, 0.2) is 59.5 Å². The highest BCUT2D eigenvalue weighted by Crippen LogP contribution is 2.27. The number of ether oxygens (including phenoxy) is 1. The minimum absolute atomic E-state index is 0.0214. The van der Waals surface area contributed by atoms with Gasteiger partial charge in [-0.1, -0.05) is 30.0 Å². The van der Waals surface area contributed by atoms with E-state index in [0.717, 1.165) is 19.6 Å². The fourth-order valence-corrected chi connectivity index (χ4v) is 6.22. The van der Waals surface area contributed by atoms with Crippen molar-refractivity contribution in [1.29, 1.82) is 0 Å². The Morgan fingerprint density at radius 2 is 1.63 bits per heavy atom. The normalized spacial score (nSPS) is 15.8. The molecule has 30 heavy (non-hydrogen) atoms. The van der Waals surface area contributed by atoms with Crippen LogP contribution in [-0.2, 0) is 14.6 Å². The Labute approximate surface area is 183 Å². The molecule has 5 nitrogen and oxygen atoms in total. The lowest BCUT2D eigenvalue weighted by Gasteiger charge is -2.21. The predicted octanol–water partition coefficient (Wildman–Crippen LogP) is 4.78. The van der Waals surface area contributed by atoms with E-state index in [2.05, 4.69) is 4.90 Å². The minimum atomic E-state index is -3.49. The molecule has 0 bridgehead atoms. The van der Waals surface area contributed by atoms with Crippen LogP contribution in [0.5, 0.6) is 11.5 Å². The molecule has 1 aliphatic heterocycles. The Morgan fingerprint density at radius 1 is 1.00 bits per heavy atom. The Balaban J connectivity index is 1.70. The molecule has 0 radical (unpaired) electrons. The van der Waals surface area contributed by atoms with Crippen molar-refractivity contribution in [3.8, 4) is 11.5 Å². The fraction of sp³-hybridized carbons (Fsp3) is 0.435. The first kappa shape index (κ1) is 22.8. The number of nitrogens with zero attached hydrogens (tertiary/aromatic N) is 1. The maximum atomic E-state index is 13.3.